The first-order chi connectivity index (χ1) is 14.0. The highest BCUT2D eigenvalue weighted by Gasteiger charge is 2.27. The molecule has 1 aromatic carbocycles. The molecule has 1 aliphatic carbocycles. The van der Waals surface area contributed by atoms with Crippen LogP contribution in [-0.2, 0) is 14.8 Å². The zero-order valence-electron chi connectivity index (χ0n) is 16.1. The summed E-state index contributed by atoms with van der Waals surface area (Å²) in [6.45, 7) is 1.16. The van der Waals surface area contributed by atoms with Gasteiger partial charge in [0.1, 0.15) is 5.01 Å². The summed E-state index contributed by atoms with van der Waals surface area (Å²) < 4.78 is 27.2. The average molecular weight is 433 g/mol. The molecule has 2 aliphatic rings. The van der Waals surface area contributed by atoms with Gasteiger partial charge in [0.2, 0.25) is 21.1 Å². The van der Waals surface area contributed by atoms with Gasteiger partial charge in [0.05, 0.1) is 4.90 Å². The van der Waals surface area contributed by atoms with Crippen molar-refractivity contribution in [3.8, 4) is 0 Å². The van der Waals surface area contributed by atoms with Crippen LogP contribution in [-0.4, -0.2) is 41.9 Å². The van der Waals surface area contributed by atoms with E-state index < -0.39 is 10.0 Å². The molecule has 29 heavy (non-hydrogen) atoms. The third kappa shape index (κ3) is 5.09. The van der Waals surface area contributed by atoms with Crippen LogP contribution in [0, 0.1) is 0 Å². The molecule has 1 saturated carbocycles. The third-order valence-corrected chi connectivity index (χ3v) is 8.02. The molecule has 1 aliphatic heterocycles. The number of rotatable bonds is 6. The Kier molecular flexibility index (Phi) is 6.07. The van der Waals surface area contributed by atoms with Gasteiger partial charge >= 0.3 is 0 Å². The molecule has 0 bridgehead atoms. The lowest BCUT2D eigenvalue weighted by Gasteiger charge is -2.19. The van der Waals surface area contributed by atoms with E-state index in [4.69, 9.17) is 0 Å². The van der Waals surface area contributed by atoms with Crippen molar-refractivity contribution >= 4 is 38.5 Å². The Morgan fingerprint density at radius 2 is 1.76 bits per heavy atom. The molecule has 4 rings (SSSR count). The molecule has 9 heteroatoms. The first-order valence-electron chi connectivity index (χ1n) is 9.95. The summed E-state index contributed by atoms with van der Waals surface area (Å²) in [5, 5.41) is 12.3. The monoisotopic (exact) mass is 432 g/mol. The lowest BCUT2D eigenvalue weighted by atomic mass is 10.2. The number of anilines is 1. The smallest absolute Gasteiger partial charge is 0.250 e. The minimum atomic E-state index is -3.46. The Labute approximate surface area is 174 Å². The highest BCUT2D eigenvalue weighted by atomic mass is 32.2. The quantitative estimate of drug-likeness (QED) is 0.704. The molecule has 0 spiro atoms. The molecular weight excluding hydrogens is 408 g/mol. The molecule has 2 aromatic rings. The van der Waals surface area contributed by atoms with E-state index in [1.165, 1.54) is 17.4 Å². The Morgan fingerprint density at radius 1 is 1.07 bits per heavy atom. The maximum atomic E-state index is 12.8. The summed E-state index contributed by atoms with van der Waals surface area (Å²) >= 11 is 1.41. The number of nitrogens with one attached hydrogen (secondary N) is 1. The fourth-order valence-corrected chi connectivity index (χ4v) is 5.71. The van der Waals surface area contributed by atoms with Gasteiger partial charge in [0.25, 0.3) is 0 Å². The van der Waals surface area contributed by atoms with Gasteiger partial charge in [-0.05, 0) is 49.5 Å². The van der Waals surface area contributed by atoms with E-state index in [9.17, 15) is 13.2 Å². The third-order valence-electron chi connectivity index (χ3n) is 5.11. The van der Waals surface area contributed by atoms with Gasteiger partial charge in [0, 0.05) is 25.1 Å². The number of carbonyl (C=O) groups excluding carboxylic acids is 1. The van der Waals surface area contributed by atoms with Crippen molar-refractivity contribution < 1.29 is 13.2 Å². The second-order valence-electron chi connectivity index (χ2n) is 7.43. The zero-order chi connectivity index (χ0) is 20.3. The van der Waals surface area contributed by atoms with Crippen LogP contribution in [0.4, 0.5) is 5.13 Å². The van der Waals surface area contributed by atoms with Gasteiger partial charge in [-0.1, -0.05) is 36.3 Å². The molecule has 2 fully saturated rings. The lowest BCUT2D eigenvalue weighted by Crippen LogP contribution is -2.31. The molecule has 1 N–H and O–H groups in total. The number of hydrogen-bond donors (Lipinski definition) is 1. The van der Waals surface area contributed by atoms with E-state index >= 15 is 0 Å². The van der Waals surface area contributed by atoms with E-state index in [0.717, 1.165) is 49.1 Å². The number of benzene rings is 1. The summed E-state index contributed by atoms with van der Waals surface area (Å²) in [7, 11) is -3.46. The molecule has 1 aromatic heterocycles. The molecule has 1 saturated heterocycles. The fraction of sp³-hybridized carbons (Fsp3) is 0.450. The minimum absolute atomic E-state index is 0.287. The van der Waals surface area contributed by atoms with Crippen molar-refractivity contribution in [2.75, 3.05) is 18.4 Å². The van der Waals surface area contributed by atoms with Crippen LogP contribution >= 0.6 is 11.3 Å². The van der Waals surface area contributed by atoms with E-state index in [1.54, 1.807) is 34.6 Å². The van der Waals surface area contributed by atoms with Crippen LogP contribution in [0.1, 0.15) is 55.0 Å². The van der Waals surface area contributed by atoms with Crippen LogP contribution in [0.5, 0.6) is 0 Å². The van der Waals surface area contributed by atoms with Gasteiger partial charge in [0.15, 0.2) is 0 Å². The number of aromatic nitrogens is 2. The first-order valence-corrected chi connectivity index (χ1v) is 12.2. The van der Waals surface area contributed by atoms with Gasteiger partial charge in [-0.2, -0.15) is 4.31 Å². The maximum absolute atomic E-state index is 12.8. The summed E-state index contributed by atoms with van der Waals surface area (Å²) in [4.78, 5) is 12.4. The highest BCUT2D eigenvalue weighted by molar-refractivity contribution is 7.89. The minimum Gasteiger partial charge on any atom is -0.297 e. The second-order valence-corrected chi connectivity index (χ2v) is 10.4. The zero-order valence-corrected chi connectivity index (χ0v) is 17.7. The molecule has 7 nitrogen and oxygen atoms in total. The van der Waals surface area contributed by atoms with E-state index in [0.29, 0.717) is 29.0 Å². The lowest BCUT2D eigenvalue weighted by molar-refractivity contribution is -0.111. The van der Waals surface area contributed by atoms with Crippen molar-refractivity contribution in [3.05, 3.63) is 40.9 Å². The van der Waals surface area contributed by atoms with Crippen LogP contribution in [0.2, 0.25) is 0 Å². The summed E-state index contributed by atoms with van der Waals surface area (Å²) in [6, 6.07) is 6.63. The van der Waals surface area contributed by atoms with Crippen LogP contribution < -0.4 is 5.32 Å². The van der Waals surface area contributed by atoms with E-state index in [-0.39, 0.29) is 5.91 Å². The topological polar surface area (TPSA) is 92.3 Å². The van der Waals surface area contributed by atoms with Crippen molar-refractivity contribution in [1.29, 1.82) is 0 Å². The molecular formula is C20H24N4O3S2. The Morgan fingerprint density at radius 3 is 2.41 bits per heavy atom. The van der Waals surface area contributed by atoms with Crippen molar-refractivity contribution in [2.45, 2.75) is 49.3 Å². The molecule has 0 unspecified atom stereocenters. The number of sulfonamides is 1. The Balaban J connectivity index is 1.37. The largest absolute Gasteiger partial charge is 0.297 e. The van der Waals surface area contributed by atoms with Crippen LogP contribution in [0.3, 0.4) is 0 Å². The molecule has 0 atom stereocenters. The highest BCUT2D eigenvalue weighted by Crippen LogP contribution is 2.42. The van der Waals surface area contributed by atoms with Gasteiger partial charge in [-0.3, -0.25) is 10.1 Å². The summed E-state index contributed by atoms with van der Waals surface area (Å²) in [5.41, 5.74) is 0.755. The predicted molar refractivity (Wildman–Crippen MR) is 113 cm³/mol. The normalized spacial score (nSPS) is 18.6. The van der Waals surface area contributed by atoms with Gasteiger partial charge in [-0.15, -0.1) is 10.2 Å². The average Bonchev–Trinajstić information content (AvgIpc) is 3.51. The standard InChI is InChI=1S/C20H24N4O3S2/c25-18(21-20-23-22-19(28-20)16-8-9-16)12-7-15-5-10-17(11-6-15)29(26,27)24-13-3-1-2-4-14-24/h5-7,10-12,16H,1-4,8-9,13-14H2,(H,21,23,25)/b12-7+. The van der Waals surface area contributed by atoms with Crippen LogP contribution in [0.25, 0.3) is 6.08 Å². The number of carbonyl (C=O) groups is 1. The second kappa shape index (κ2) is 8.73. The first kappa shape index (κ1) is 20.2. The summed E-state index contributed by atoms with van der Waals surface area (Å²) in [5.74, 6) is 0.225. The Hall–Kier alpha value is -2.10. The molecule has 154 valence electrons. The fourth-order valence-electron chi connectivity index (χ4n) is 3.28. The number of nitrogens with zero attached hydrogens (tertiary/aromatic N) is 3. The van der Waals surface area contributed by atoms with E-state index in [1.807, 2.05) is 0 Å². The van der Waals surface area contributed by atoms with E-state index in [2.05, 4.69) is 15.5 Å². The van der Waals surface area contributed by atoms with Crippen molar-refractivity contribution in [2.24, 2.45) is 0 Å². The van der Waals surface area contributed by atoms with Crippen LogP contribution in [0.15, 0.2) is 35.2 Å². The predicted octanol–water partition coefficient (Wildman–Crippen LogP) is 3.63. The SMILES string of the molecule is O=C(/C=C/c1ccc(S(=O)(=O)N2CCCCCC2)cc1)Nc1nnc(C2CC2)s1. The van der Waals surface area contributed by atoms with Crippen molar-refractivity contribution in [3.63, 3.8) is 0 Å². The Bertz CT molecular complexity index is 987. The van der Waals surface area contributed by atoms with Gasteiger partial charge < -0.3 is 0 Å². The molecule has 0 radical (unpaired) electrons. The number of hydrogen-bond acceptors (Lipinski definition) is 6. The maximum Gasteiger partial charge on any atom is 0.250 e. The number of amides is 1. The summed E-state index contributed by atoms with van der Waals surface area (Å²) in [6.07, 6.45) is 9.33. The molecule has 2 heterocycles. The van der Waals surface area contributed by atoms with Crippen molar-refractivity contribution in [1.82, 2.24) is 14.5 Å². The molecule has 1 amide bonds. The van der Waals surface area contributed by atoms with Gasteiger partial charge in [-0.25, -0.2) is 8.42 Å².